The molecule has 16 rings (SSSR count). The van der Waals surface area contributed by atoms with Gasteiger partial charge in [0.25, 0.3) is 0 Å². The van der Waals surface area contributed by atoms with Gasteiger partial charge < -0.3 is 103 Å². The molecule has 4 aliphatic carbocycles. The van der Waals surface area contributed by atoms with Gasteiger partial charge in [-0.25, -0.2) is 19.2 Å². The molecule has 8 atom stereocenters. The zero-order valence-corrected chi connectivity index (χ0v) is 89.9. The summed E-state index contributed by atoms with van der Waals surface area (Å²) in [5.74, 6) is 2.08. The first-order chi connectivity index (χ1) is 70.6. The van der Waals surface area contributed by atoms with E-state index in [4.69, 9.17) is 9.98 Å². The standard InChI is InChI=1S/2C29H40N6O3.2C28H40N6O2/c2*1-6-25(36)31-21-14-12-20(13-15-21)27(37)33-26-22-17-35(29(2,3)23(22)16-30-26)28(38)32-24(18-34(4)5)19-10-8-7-9-11-19;2*1-6-25(35)30-20-13-10-14-21(15-20)31-26-22-17-34(28(2,3)23(22)16-29-26)27(36)32-24(18-33(4)5)19-11-8-7-9-12-19/h2*6-11,20-21,24H,1,12-18H2,2-5H3,(H,31,36)(H,32,38)(H,30,33,37);2*6-9,11-12,20-21,24H,1,10,13-18H2,2-5H3,(H,29,31)(H,30,35)(H,32,36)/t2*20?,21?,24-;20-,21+,24+;20-,21-,24-/m1101/s1. The zero-order valence-electron chi connectivity index (χ0n) is 89.9. The van der Waals surface area contributed by atoms with Crippen molar-refractivity contribution in [3.63, 3.8) is 0 Å². The molecule has 0 bridgehead atoms. The summed E-state index contributed by atoms with van der Waals surface area (Å²) in [6.45, 7) is 37.5. The van der Waals surface area contributed by atoms with Crippen molar-refractivity contribution in [1.82, 2.24) is 103 Å². The van der Waals surface area contributed by atoms with Gasteiger partial charge >= 0.3 is 24.1 Å². The minimum atomic E-state index is -0.518. The average Bonchev–Trinajstić information content (AvgIpc) is 1.60. The fourth-order valence-electron chi connectivity index (χ4n) is 22.6. The smallest absolute Gasteiger partial charge is 0.318 e. The first-order valence-corrected chi connectivity index (χ1v) is 52.6. The summed E-state index contributed by atoms with van der Waals surface area (Å²) in [7, 11) is 16.0. The Balaban J connectivity index is 0.000000165. The van der Waals surface area contributed by atoms with Crippen LogP contribution in [0.4, 0.5) is 19.2 Å². The van der Waals surface area contributed by atoms with Gasteiger partial charge in [0.05, 0.1) is 98.7 Å². The van der Waals surface area contributed by atoms with Crippen LogP contribution in [0, 0.1) is 11.8 Å². The van der Waals surface area contributed by atoms with Crippen molar-refractivity contribution in [2.75, 3.05) is 135 Å². The fourth-order valence-corrected chi connectivity index (χ4v) is 22.6. The van der Waals surface area contributed by atoms with Crippen molar-refractivity contribution in [3.05, 3.63) is 239 Å². The summed E-state index contributed by atoms with van der Waals surface area (Å²) in [6, 6.07) is 40.3. The Morgan fingerprint density at radius 2 is 0.541 bits per heavy atom. The summed E-state index contributed by atoms with van der Waals surface area (Å²) in [5.41, 5.74) is 11.1. The molecule has 0 unspecified atom stereocenters. The van der Waals surface area contributed by atoms with Crippen LogP contribution in [-0.2, 0) is 28.8 Å². The Hall–Kier alpha value is -13.2. The summed E-state index contributed by atoms with van der Waals surface area (Å²) in [5, 5.41) is 38.4. The van der Waals surface area contributed by atoms with E-state index in [9.17, 15) is 47.9 Å². The van der Waals surface area contributed by atoms with Crippen LogP contribution < -0.4 is 63.8 Å². The SMILES string of the molecule is C=CC(=O)NC1CCC(C(=O)NC2=NCC3=C2CN(C(=O)N[C@H](CN(C)C)c2ccccc2)C3(C)C)CC1.C=CC(=O)NC1CCC(C(=O)NC2=NCC3=C2CN(C(=O)N[C@H](CN(C)C)c2ccccc2)C3(C)C)CC1.C=CC(=O)N[C@@H]1CCC[C@@H](NC2=NCC3=C2CN(C(=O)N[C@H](CN(C)C)c2ccccc2)C3(C)C)C1.C=CC(=O)N[C@H]1CCC[C@@H](NC2=NCC3=C2CN(C(=O)N[C@H](CN(C)C)c2ccccc2)C3(C)C)C1. The van der Waals surface area contributed by atoms with E-state index in [1.54, 1.807) is 0 Å². The predicted octanol–water partition coefficient (Wildman–Crippen LogP) is 11.6. The number of aliphatic imine (C=N–C) groups is 4. The van der Waals surface area contributed by atoms with Crippen LogP contribution in [0.2, 0.25) is 0 Å². The topological polar surface area (TPSA) is 390 Å². The number of amidine groups is 4. The minimum Gasteiger partial charge on any atom is -0.367 e. The van der Waals surface area contributed by atoms with E-state index in [-0.39, 0.29) is 132 Å². The molecule has 8 heterocycles. The maximum absolute atomic E-state index is 13.6. The number of benzene rings is 4. The van der Waals surface area contributed by atoms with E-state index in [0.29, 0.717) is 103 Å². The highest BCUT2D eigenvalue weighted by atomic mass is 16.2. The molecule has 796 valence electrons. The second-order valence-electron chi connectivity index (χ2n) is 44.1. The molecule has 0 aromatic heterocycles. The average molecular weight is 2030 g/mol. The molecule has 8 aliphatic heterocycles. The molecule has 14 amide bonds. The second-order valence-corrected chi connectivity index (χ2v) is 44.1. The van der Waals surface area contributed by atoms with E-state index < -0.39 is 22.2 Å². The highest BCUT2D eigenvalue weighted by Crippen LogP contribution is 2.44. The van der Waals surface area contributed by atoms with E-state index in [1.807, 2.05) is 201 Å². The summed E-state index contributed by atoms with van der Waals surface area (Å²) in [6.07, 6.45) is 18.9. The van der Waals surface area contributed by atoms with Crippen LogP contribution in [0.3, 0.4) is 0 Å². The van der Waals surface area contributed by atoms with Crippen LogP contribution >= 0.6 is 0 Å². The molecule has 0 spiro atoms. The highest BCUT2D eigenvalue weighted by Gasteiger charge is 2.52. The molecule has 34 heteroatoms. The molecular weight excluding hydrogens is 1870 g/mol. The lowest BCUT2D eigenvalue weighted by molar-refractivity contribution is -0.125. The molecule has 4 fully saturated rings. The Morgan fingerprint density at radius 1 is 0.318 bits per heavy atom. The minimum absolute atomic E-state index is 0.0400. The van der Waals surface area contributed by atoms with E-state index in [1.165, 1.54) is 35.5 Å². The van der Waals surface area contributed by atoms with Crippen LogP contribution in [0.25, 0.3) is 0 Å². The lowest BCUT2D eigenvalue weighted by atomic mass is 9.85. The number of urea groups is 4. The number of nitrogens with zero attached hydrogens (tertiary/aromatic N) is 12. The summed E-state index contributed by atoms with van der Waals surface area (Å²) < 4.78 is 0. The lowest BCUT2D eigenvalue weighted by Gasteiger charge is -2.36. The van der Waals surface area contributed by atoms with Gasteiger partial charge in [0.1, 0.15) is 23.3 Å². The molecule has 4 aromatic rings. The first kappa shape index (κ1) is 112. The van der Waals surface area contributed by atoms with Crippen molar-refractivity contribution in [2.24, 2.45) is 31.8 Å². The third-order valence-corrected chi connectivity index (χ3v) is 31.1. The van der Waals surface area contributed by atoms with E-state index >= 15 is 0 Å². The highest BCUT2D eigenvalue weighted by molar-refractivity contribution is 6.13. The number of rotatable bonds is 28. The maximum Gasteiger partial charge on any atom is 0.318 e. The number of carbonyl (C=O) groups is 10. The molecule has 34 nitrogen and oxygen atoms in total. The molecule has 0 radical (unpaired) electrons. The molecule has 12 aliphatic rings. The van der Waals surface area contributed by atoms with Gasteiger partial charge in [0.2, 0.25) is 35.4 Å². The monoisotopic (exact) mass is 2030 g/mol. The van der Waals surface area contributed by atoms with Gasteiger partial charge in [-0.1, -0.05) is 148 Å². The van der Waals surface area contributed by atoms with Gasteiger partial charge in [-0.15, -0.1) is 0 Å². The third-order valence-electron chi connectivity index (χ3n) is 31.1. The van der Waals surface area contributed by atoms with E-state index in [2.05, 4.69) is 172 Å². The second kappa shape index (κ2) is 50.2. The van der Waals surface area contributed by atoms with Gasteiger partial charge in [0.15, 0.2) is 0 Å². The Kier molecular flexibility index (Phi) is 38.0. The van der Waals surface area contributed by atoms with Crippen molar-refractivity contribution < 1.29 is 47.9 Å². The van der Waals surface area contributed by atoms with Crippen LogP contribution in [0.15, 0.2) is 237 Å². The van der Waals surface area contributed by atoms with Crippen molar-refractivity contribution in [1.29, 1.82) is 0 Å². The molecule has 4 aromatic carbocycles. The number of amides is 14. The van der Waals surface area contributed by atoms with Crippen LogP contribution in [0.5, 0.6) is 0 Å². The van der Waals surface area contributed by atoms with Crippen molar-refractivity contribution in [3.8, 4) is 0 Å². The largest absolute Gasteiger partial charge is 0.367 e. The number of likely N-dealkylation sites (N-methyl/N-ethyl adjacent to an activating group) is 4. The number of carbonyl (C=O) groups excluding carboxylic acids is 10. The Bertz CT molecular complexity index is 5400. The summed E-state index contributed by atoms with van der Waals surface area (Å²) in [4.78, 5) is 162. The Morgan fingerprint density at radius 3 is 0.777 bits per heavy atom. The van der Waals surface area contributed by atoms with E-state index in [0.717, 1.165) is 158 Å². The maximum atomic E-state index is 13.6. The van der Waals surface area contributed by atoms with Gasteiger partial charge in [0, 0.05) is 96.6 Å². The molecule has 12 N–H and O–H groups in total. The Labute approximate surface area is 875 Å². The zero-order chi connectivity index (χ0) is 107. The summed E-state index contributed by atoms with van der Waals surface area (Å²) >= 11 is 0. The fraction of sp³-hybridized carbons (Fsp3) is 0.526. The van der Waals surface area contributed by atoms with Crippen LogP contribution in [0.1, 0.15) is 205 Å². The predicted molar refractivity (Wildman–Crippen MR) is 585 cm³/mol. The van der Waals surface area contributed by atoms with Crippen molar-refractivity contribution in [2.45, 2.75) is 241 Å². The van der Waals surface area contributed by atoms with Crippen LogP contribution in [-0.4, -0.2) is 315 Å². The number of nitrogens with one attached hydrogen (secondary N) is 12. The number of hydrogen-bond acceptors (Lipinski definition) is 20. The lowest BCUT2D eigenvalue weighted by Crippen LogP contribution is -2.52. The van der Waals surface area contributed by atoms with Gasteiger partial charge in [-0.05, 0) is 283 Å². The number of hydrogen-bond donors (Lipinski definition) is 12. The van der Waals surface area contributed by atoms with Gasteiger partial charge in [-0.3, -0.25) is 48.7 Å². The first-order valence-electron chi connectivity index (χ1n) is 52.6. The molecule has 4 saturated carbocycles. The normalized spacial score (nSPS) is 23.3. The molecule has 148 heavy (non-hydrogen) atoms. The van der Waals surface area contributed by atoms with Crippen molar-refractivity contribution >= 4 is 82.9 Å². The quantitative estimate of drug-likeness (QED) is 0.0235. The van der Waals surface area contributed by atoms with Gasteiger partial charge in [-0.2, -0.15) is 0 Å². The molecular formula is C114H160N24O10. The molecule has 0 saturated heterocycles. The third kappa shape index (κ3) is 28.1.